The van der Waals surface area contributed by atoms with Gasteiger partial charge in [0.15, 0.2) is 0 Å². The molecule has 0 atom stereocenters. The van der Waals surface area contributed by atoms with Crippen molar-refractivity contribution in [3.63, 3.8) is 0 Å². The number of carbonyl (C=O) groups is 1. The first-order valence-corrected chi connectivity index (χ1v) is 10.7. The van der Waals surface area contributed by atoms with Crippen LogP contribution in [0.15, 0.2) is 59.0 Å². The largest absolute Gasteiger partial charge is 0.496 e. The van der Waals surface area contributed by atoms with Gasteiger partial charge in [-0.05, 0) is 48.0 Å². The third-order valence-corrected chi connectivity index (χ3v) is 5.13. The van der Waals surface area contributed by atoms with Crippen LogP contribution in [-0.2, 0) is 11.4 Å². The second-order valence-electron chi connectivity index (χ2n) is 7.61. The molecule has 10 nitrogen and oxygen atoms in total. The molecule has 0 radical (unpaired) electrons. The molecule has 10 heteroatoms. The number of rotatable bonds is 11. The van der Waals surface area contributed by atoms with Crippen molar-refractivity contribution in [3.05, 3.63) is 59.7 Å². The molecule has 3 aromatic rings. The van der Waals surface area contributed by atoms with Gasteiger partial charge in [0.25, 0.3) is 0 Å². The maximum Gasteiger partial charge on any atom is 0.236 e. The summed E-state index contributed by atoms with van der Waals surface area (Å²) in [4.78, 5) is 16.1. The van der Waals surface area contributed by atoms with Gasteiger partial charge in [-0.2, -0.15) is 9.99 Å². The summed E-state index contributed by atoms with van der Waals surface area (Å²) in [5.74, 6) is 2.07. The van der Waals surface area contributed by atoms with Crippen molar-refractivity contribution in [1.82, 2.24) is 9.99 Å². The van der Waals surface area contributed by atoms with Crippen molar-refractivity contribution < 1.29 is 23.7 Å². The molecular formula is C25H29N5O5. The lowest BCUT2D eigenvalue weighted by atomic mass is 10.0. The van der Waals surface area contributed by atoms with Gasteiger partial charge in [-0.15, -0.1) is 0 Å². The van der Waals surface area contributed by atoms with Crippen LogP contribution >= 0.6 is 0 Å². The zero-order valence-corrected chi connectivity index (χ0v) is 20.7. The van der Waals surface area contributed by atoms with Crippen LogP contribution in [0.25, 0.3) is 11.1 Å². The Morgan fingerprint density at radius 2 is 1.74 bits per heavy atom. The van der Waals surface area contributed by atoms with Gasteiger partial charge in [-0.25, -0.2) is 0 Å². The first-order valence-electron chi connectivity index (χ1n) is 10.7. The van der Waals surface area contributed by atoms with Crippen LogP contribution in [0.5, 0.6) is 23.3 Å². The monoisotopic (exact) mass is 479 g/mol. The van der Waals surface area contributed by atoms with E-state index in [1.54, 1.807) is 47.6 Å². The predicted molar refractivity (Wildman–Crippen MR) is 132 cm³/mol. The predicted octanol–water partition coefficient (Wildman–Crippen LogP) is 4.47. The van der Waals surface area contributed by atoms with E-state index < -0.39 is 0 Å². The lowest BCUT2D eigenvalue weighted by Crippen LogP contribution is -2.17. The number of methoxy groups -OCH3 is 3. The molecule has 0 aliphatic carbocycles. The van der Waals surface area contributed by atoms with Crippen molar-refractivity contribution in [2.45, 2.75) is 13.5 Å². The van der Waals surface area contributed by atoms with Crippen LogP contribution in [0.2, 0.25) is 0 Å². The van der Waals surface area contributed by atoms with Crippen molar-refractivity contribution in [2.24, 2.45) is 10.4 Å². The average molecular weight is 480 g/mol. The minimum atomic E-state index is 0.202. The molecule has 0 aliphatic heterocycles. The number of anilines is 1. The van der Waals surface area contributed by atoms with Crippen LogP contribution < -0.4 is 24.0 Å². The highest BCUT2D eigenvalue weighted by atomic mass is 16.5. The number of amides is 1. The summed E-state index contributed by atoms with van der Waals surface area (Å²) in [7, 11) is 8.13. The molecule has 35 heavy (non-hydrogen) atoms. The molecule has 0 saturated heterocycles. The third kappa shape index (κ3) is 5.97. The molecule has 0 spiro atoms. The Morgan fingerprint density at radius 1 is 0.943 bits per heavy atom. The van der Waals surface area contributed by atoms with Gasteiger partial charge in [0.2, 0.25) is 18.2 Å². The zero-order valence-electron chi connectivity index (χ0n) is 20.7. The van der Waals surface area contributed by atoms with E-state index in [9.17, 15) is 4.79 Å². The van der Waals surface area contributed by atoms with E-state index in [0.29, 0.717) is 35.4 Å². The summed E-state index contributed by atoms with van der Waals surface area (Å²) in [5.41, 5.74) is 3.81. The summed E-state index contributed by atoms with van der Waals surface area (Å²) < 4.78 is 22.4. The smallest absolute Gasteiger partial charge is 0.236 e. The van der Waals surface area contributed by atoms with E-state index in [0.717, 1.165) is 22.3 Å². The Hall–Kier alpha value is -4.34. The molecular weight excluding hydrogens is 450 g/mol. The van der Waals surface area contributed by atoms with E-state index in [1.807, 2.05) is 43.3 Å². The summed E-state index contributed by atoms with van der Waals surface area (Å²) in [6, 6.07) is 14.7. The Labute approximate surface area is 204 Å². The normalized spacial score (nSPS) is 10.7. The number of pyridine rings is 1. The first-order chi connectivity index (χ1) is 16.9. The summed E-state index contributed by atoms with van der Waals surface area (Å²) in [5, 5.41) is 10.6. The Kier molecular flexibility index (Phi) is 8.44. The summed E-state index contributed by atoms with van der Waals surface area (Å²) >= 11 is 0. The van der Waals surface area contributed by atoms with E-state index in [2.05, 4.69) is 15.4 Å². The highest BCUT2D eigenvalue weighted by Gasteiger charge is 2.17. The second kappa shape index (κ2) is 11.7. The number of ether oxygens (including phenoxy) is 4. The first kappa shape index (κ1) is 25.3. The van der Waals surface area contributed by atoms with Crippen molar-refractivity contribution >= 4 is 12.1 Å². The molecule has 0 unspecified atom stereocenters. The Bertz CT molecular complexity index is 1200. The number of aromatic nitrogens is 1. The quantitative estimate of drug-likeness (QED) is 0.227. The molecule has 2 aromatic carbocycles. The second-order valence-corrected chi connectivity index (χ2v) is 7.61. The topological polar surface area (TPSA) is 98.1 Å². The molecule has 1 heterocycles. The van der Waals surface area contributed by atoms with Crippen LogP contribution in [0.4, 0.5) is 5.69 Å². The van der Waals surface area contributed by atoms with Crippen LogP contribution in [0.1, 0.15) is 11.1 Å². The highest BCUT2D eigenvalue weighted by molar-refractivity contribution is 5.77. The molecule has 1 amide bonds. The van der Waals surface area contributed by atoms with Gasteiger partial charge in [-0.3, -0.25) is 9.80 Å². The maximum atomic E-state index is 11.7. The van der Waals surface area contributed by atoms with Gasteiger partial charge in [0.05, 0.1) is 27.0 Å². The highest BCUT2D eigenvalue weighted by Crippen LogP contribution is 2.39. The van der Waals surface area contributed by atoms with Crippen LogP contribution in [0.3, 0.4) is 0 Å². The number of hydrogen-bond acceptors (Lipinski definition) is 8. The number of hydrogen-bond donors (Lipinski definition) is 0. The van der Waals surface area contributed by atoms with Gasteiger partial charge >= 0.3 is 0 Å². The maximum absolute atomic E-state index is 11.7. The van der Waals surface area contributed by atoms with Crippen molar-refractivity contribution in [3.8, 4) is 34.4 Å². The number of benzene rings is 2. The van der Waals surface area contributed by atoms with Crippen molar-refractivity contribution in [1.29, 1.82) is 0 Å². The van der Waals surface area contributed by atoms with E-state index in [-0.39, 0.29) is 6.61 Å². The third-order valence-electron chi connectivity index (χ3n) is 5.13. The van der Waals surface area contributed by atoms with Gasteiger partial charge in [0, 0.05) is 36.9 Å². The van der Waals surface area contributed by atoms with E-state index in [1.165, 1.54) is 10.0 Å². The lowest BCUT2D eigenvalue weighted by molar-refractivity contribution is -0.107. The number of carbonyl (C=O) groups excluding carboxylic acids is 1. The standard InChI is InChI=1S/C25H29N5O5/c1-17-8-7-9-22(30(16-31)28-27-29(2)3)21(17)15-35-18-10-12-23(32-4)20(14-18)19-11-13-24(33-5)26-25(19)34-6/h7-14,16H,15H2,1-6H3/b28-27-. The Morgan fingerprint density at radius 3 is 2.40 bits per heavy atom. The zero-order chi connectivity index (χ0) is 25.4. The molecule has 1 aromatic heterocycles. The number of nitrogens with zero attached hydrogens (tertiary/aromatic N) is 5. The van der Waals surface area contributed by atoms with E-state index >= 15 is 0 Å². The molecule has 0 fully saturated rings. The number of aryl methyl sites for hydroxylation is 1. The molecule has 184 valence electrons. The van der Waals surface area contributed by atoms with Gasteiger partial charge in [-0.1, -0.05) is 17.4 Å². The molecule has 3 rings (SSSR count). The minimum absolute atomic E-state index is 0.202. The molecule has 0 bridgehead atoms. The molecule has 0 aliphatic rings. The lowest BCUT2D eigenvalue weighted by Gasteiger charge is -2.18. The molecule has 0 N–H and O–H groups in total. The fraction of sp³-hybridized carbons (Fsp3) is 0.280. The Balaban J connectivity index is 1.94. The van der Waals surface area contributed by atoms with E-state index in [4.69, 9.17) is 18.9 Å². The summed E-state index contributed by atoms with van der Waals surface area (Å²) in [6.45, 7) is 2.15. The minimum Gasteiger partial charge on any atom is -0.496 e. The fourth-order valence-electron chi connectivity index (χ4n) is 3.38. The SMILES string of the molecule is COc1ccc(-c2cc(OCc3c(C)cccc3N(C=O)/N=N\N(C)C)ccc2OC)c(OC)n1. The fourth-order valence-corrected chi connectivity index (χ4v) is 3.38. The van der Waals surface area contributed by atoms with Gasteiger partial charge < -0.3 is 18.9 Å². The summed E-state index contributed by atoms with van der Waals surface area (Å²) in [6.07, 6.45) is 0.611. The van der Waals surface area contributed by atoms with Crippen LogP contribution in [0, 0.1) is 6.92 Å². The van der Waals surface area contributed by atoms with Crippen LogP contribution in [-0.4, -0.2) is 51.8 Å². The molecule has 0 saturated carbocycles. The van der Waals surface area contributed by atoms with Crippen molar-refractivity contribution in [2.75, 3.05) is 40.4 Å². The van der Waals surface area contributed by atoms with Gasteiger partial charge in [0.1, 0.15) is 18.1 Å². The average Bonchev–Trinajstić information content (AvgIpc) is 2.87.